The zero-order valence-corrected chi connectivity index (χ0v) is 17.0. The third-order valence-electron chi connectivity index (χ3n) is 5.71. The lowest BCUT2D eigenvalue weighted by Gasteiger charge is -2.33. The van der Waals surface area contributed by atoms with Crippen LogP contribution in [-0.2, 0) is 11.2 Å². The van der Waals surface area contributed by atoms with Gasteiger partial charge in [0.05, 0.1) is 30.3 Å². The maximum atomic E-state index is 13.0. The Labute approximate surface area is 175 Å². The van der Waals surface area contributed by atoms with Crippen LogP contribution in [0.25, 0.3) is 10.9 Å². The quantitative estimate of drug-likeness (QED) is 0.708. The molecule has 1 aliphatic rings. The average molecular weight is 403 g/mol. The number of primary amides is 1. The molecule has 1 unspecified atom stereocenters. The molecule has 2 N–H and O–H groups in total. The molecular weight excluding hydrogens is 378 g/mol. The second kappa shape index (κ2) is 8.53. The molecule has 0 spiro atoms. The van der Waals surface area contributed by atoms with Crippen LogP contribution in [0.4, 0.5) is 0 Å². The third kappa shape index (κ3) is 3.99. The smallest absolute Gasteiger partial charge is 0.250 e. The number of piperidine rings is 1. The lowest BCUT2D eigenvalue weighted by atomic mass is 9.90. The number of methoxy groups -OCH3 is 1. The summed E-state index contributed by atoms with van der Waals surface area (Å²) in [5.74, 6) is 0.255. The van der Waals surface area contributed by atoms with Crippen LogP contribution in [0, 0.1) is 0 Å². The van der Waals surface area contributed by atoms with Gasteiger partial charge in [0.15, 0.2) is 0 Å². The first-order chi connectivity index (χ1) is 14.6. The van der Waals surface area contributed by atoms with Crippen LogP contribution in [0.15, 0.2) is 54.6 Å². The first kappa shape index (κ1) is 19.9. The summed E-state index contributed by atoms with van der Waals surface area (Å²) >= 11 is 0. The number of likely N-dealkylation sites (tertiary alicyclic amines) is 1. The molecule has 1 fully saturated rings. The highest BCUT2D eigenvalue weighted by atomic mass is 16.5. The molecule has 1 atom stereocenters. The van der Waals surface area contributed by atoms with E-state index in [2.05, 4.69) is 0 Å². The number of hydrogen-bond donors (Lipinski definition) is 1. The Kier molecular flexibility index (Phi) is 5.65. The van der Waals surface area contributed by atoms with Crippen LogP contribution in [0.3, 0.4) is 0 Å². The number of pyridine rings is 1. The third-order valence-corrected chi connectivity index (χ3v) is 5.71. The van der Waals surface area contributed by atoms with Gasteiger partial charge in [0.1, 0.15) is 5.75 Å². The van der Waals surface area contributed by atoms with E-state index in [1.54, 1.807) is 7.11 Å². The molecule has 30 heavy (non-hydrogen) atoms. The van der Waals surface area contributed by atoms with Crippen LogP contribution in [0.1, 0.15) is 40.4 Å². The van der Waals surface area contributed by atoms with Gasteiger partial charge in [0.2, 0.25) is 5.91 Å². The predicted octanol–water partition coefficient (Wildman–Crippen LogP) is 3.29. The van der Waals surface area contributed by atoms with E-state index in [0.717, 1.165) is 29.3 Å². The van der Waals surface area contributed by atoms with Crippen LogP contribution < -0.4 is 10.5 Å². The van der Waals surface area contributed by atoms with Crippen molar-refractivity contribution < 1.29 is 14.3 Å². The minimum atomic E-state index is -0.485. The van der Waals surface area contributed by atoms with Crippen molar-refractivity contribution in [2.75, 3.05) is 20.2 Å². The lowest BCUT2D eigenvalue weighted by Crippen LogP contribution is -2.40. The Morgan fingerprint density at radius 1 is 1.17 bits per heavy atom. The molecule has 2 aromatic carbocycles. The molecule has 3 aromatic rings. The zero-order chi connectivity index (χ0) is 21.1. The van der Waals surface area contributed by atoms with Crippen molar-refractivity contribution in [2.45, 2.75) is 25.2 Å². The maximum absolute atomic E-state index is 13.0. The van der Waals surface area contributed by atoms with Gasteiger partial charge in [-0.15, -0.1) is 0 Å². The van der Waals surface area contributed by atoms with Gasteiger partial charge in [-0.3, -0.25) is 14.6 Å². The molecule has 2 heterocycles. The van der Waals surface area contributed by atoms with E-state index in [-0.39, 0.29) is 18.2 Å². The van der Waals surface area contributed by atoms with E-state index in [1.165, 1.54) is 0 Å². The van der Waals surface area contributed by atoms with Crippen molar-refractivity contribution >= 4 is 22.7 Å². The first-order valence-corrected chi connectivity index (χ1v) is 10.2. The number of carbonyl (C=O) groups is 2. The standard InChI is InChI=1S/C24H25N3O3/c1-30-21-11-5-3-8-17(21)14-22(28)27-12-6-9-18(15-27)23-19(24(25)29)13-16-7-2-4-10-20(16)26-23/h2-5,7-8,10-11,13,18H,6,9,12,14-15H2,1H3,(H2,25,29). The fourth-order valence-electron chi connectivity index (χ4n) is 4.19. The Morgan fingerprint density at radius 3 is 2.73 bits per heavy atom. The van der Waals surface area contributed by atoms with E-state index in [9.17, 15) is 9.59 Å². The minimum absolute atomic E-state index is 0.0209. The first-order valence-electron chi connectivity index (χ1n) is 10.2. The van der Waals surface area contributed by atoms with Crippen molar-refractivity contribution in [3.8, 4) is 5.75 Å². The van der Waals surface area contributed by atoms with Crippen molar-refractivity contribution in [3.63, 3.8) is 0 Å². The van der Waals surface area contributed by atoms with Crippen molar-refractivity contribution in [1.82, 2.24) is 9.88 Å². The maximum Gasteiger partial charge on any atom is 0.250 e. The molecule has 2 amide bonds. The van der Waals surface area contributed by atoms with Gasteiger partial charge in [-0.2, -0.15) is 0 Å². The van der Waals surface area contributed by atoms with Gasteiger partial charge in [0, 0.05) is 30.0 Å². The van der Waals surface area contributed by atoms with Gasteiger partial charge in [-0.1, -0.05) is 36.4 Å². The Balaban J connectivity index is 1.59. The topological polar surface area (TPSA) is 85.5 Å². The van der Waals surface area contributed by atoms with Crippen molar-refractivity contribution in [1.29, 1.82) is 0 Å². The van der Waals surface area contributed by atoms with Crippen LogP contribution in [0.5, 0.6) is 5.75 Å². The molecule has 0 bridgehead atoms. The highest BCUT2D eigenvalue weighted by Crippen LogP contribution is 2.30. The summed E-state index contributed by atoms with van der Waals surface area (Å²) in [5, 5.41) is 0.884. The largest absolute Gasteiger partial charge is 0.496 e. The number of benzene rings is 2. The summed E-state index contributed by atoms with van der Waals surface area (Å²) in [4.78, 5) is 31.8. The highest BCUT2D eigenvalue weighted by molar-refractivity contribution is 5.97. The van der Waals surface area contributed by atoms with Crippen LogP contribution >= 0.6 is 0 Å². The predicted molar refractivity (Wildman–Crippen MR) is 116 cm³/mol. The Hall–Kier alpha value is -3.41. The van der Waals surface area contributed by atoms with E-state index in [1.807, 2.05) is 59.5 Å². The van der Waals surface area contributed by atoms with Gasteiger partial charge in [0.25, 0.3) is 5.91 Å². The number of amides is 2. The monoisotopic (exact) mass is 403 g/mol. The summed E-state index contributed by atoms with van der Waals surface area (Å²) in [6.45, 7) is 1.23. The molecule has 0 aliphatic carbocycles. The van der Waals surface area contributed by atoms with E-state index >= 15 is 0 Å². The second-order valence-electron chi connectivity index (χ2n) is 7.65. The number of carbonyl (C=O) groups excluding carboxylic acids is 2. The normalized spacial score (nSPS) is 16.4. The number of para-hydroxylation sites is 2. The summed E-state index contributed by atoms with van der Waals surface area (Å²) < 4.78 is 5.37. The zero-order valence-electron chi connectivity index (χ0n) is 17.0. The number of aromatic nitrogens is 1. The van der Waals surface area contributed by atoms with Gasteiger partial charge in [-0.05, 0) is 31.0 Å². The number of fused-ring (bicyclic) bond motifs is 1. The van der Waals surface area contributed by atoms with Crippen LogP contribution in [-0.4, -0.2) is 41.9 Å². The van der Waals surface area contributed by atoms with Gasteiger partial charge in [-0.25, -0.2) is 0 Å². The molecule has 1 saturated heterocycles. The van der Waals surface area contributed by atoms with Gasteiger partial charge < -0.3 is 15.4 Å². The number of ether oxygens (including phenoxy) is 1. The molecule has 6 heteroatoms. The molecule has 6 nitrogen and oxygen atoms in total. The Morgan fingerprint density at radius 2 is 1.93 bits per heavy atom. The average Bonchev–Trinajstić information content (AvgIpc) is 2.78. The number of hydrogen-bond acceptors (Lipinski definition) is 4. The Bertz CT molecular complexity index is 1100. The summed E-state index contributed by atoms with van der Waals surface area (Å²) in [5.41, 5.74) is 8.50. The number of nitrogens with zero attached hydrogens (tertiary/aromatic N) is 2. The fraction of sp³-hybridized carbons (Fsp3) is 0.292. The summed E-state index contributed by atoms with van der Waals surface area (Å²) in [7, 11) is 1.61. The molecule has 0 saturated carbocycles. The van der Waals surface area contributed by atoms with Crippen LogP contribution in [0.2, 0.25) is 0 Å². The molecule has 4 rings (SSSR count). The molecule has 1 aromatic heterocycles. The van der Waals surface area contributed by atoms with Gasteiger partial charge >= 0.3 is 0 Å². The van der Waals surface area contributed by atoms with E-state index in [4.69, 9.17) is 15.5 Å². The summed E-state index contributed by atoms with van der Waals surface area (Å²) in [6, 6.07) is 17.1. The van der Waals surface area contributed by atoms with E-state index in [0.29, 0.717) is 30.1 Å². The minimum Gasteiger partial charge on any atom is -0.496 e. The SMILES string of the molecule is COc1ccccc1CC(=O)N1CCCC(c2nc3ccccc3cc2C(N)=O)C1. The van der Waals surface area contributed by atoms with E-state index < -0.39 is 5.91 Å². The fourth-order valence-corrected chi connectivity index (χ4v) is 4.19. The lowest BCUT2D eigenvalue weighted by molar-refractivity contribution is -0.131. The number of nitrogens with two attached hydrogens (primary N) is 1. The molecular formula is C24H25N3O3. The molecule has 1 aliphatic heterocycles. The molecule has 0 radical (unpaired) electrons. The van der Waals surface area contributed by atoms with Crippen molar-refractivity contribution in [2.24, 2.45) is 5.73 Å². The molecule has 154 valence electrons. The second-order valence-corrected chi connectivity index (χ2v) is 7.65. The number of rotatable bonds is 5. The summed E-state index contributed by atoms with van der Waals surface area (Å²) in [6.07, 6.45) is 2.00. The highest BCUT2D eigenvalue weighted by Gasteiger charge is 2.29. The van der Waals surface area contributed by atoms with Crippen molar-refractivity contribution in [3.05, 3.63) is 71.4 Å².